The van der Waals surface area contributed by atoms with Crippen molar-refractivity contribution in [1.29, 1.82) is 0 Å². The highest BCUT2D eigenvalue weighted by atomic mass is 16.2. The van der Waals surface area contributed by atoms with Gasteiger partial charge in [-0.25, -0.2) is 0 Å². The topological polar surface area (TPSA) is 36.1 Å². The minimum absolute atomic E-state index is 0.272. The zero-order valence-electron chi connectivity index (χ0n) is 11.4. The fraction of sp³-hybridized carbons (Fsp3) is 0.438. The van der Waals surface area contributed by atoms with Crippen LogP contribution in [0, 0.1) is 0 Å². The van der Waals surface area contributed by atoms with Crippen molar-refractivity contribution in [3.63, 3.8) is 0 Å². The Bertz CT molecular complexity index is 583. The molecule has 19 heavy (non-hydrogen) atoms. The van der Waals surface area contributed by atoms with E-state index in [4.69, 9.17) is 0 Å². The predicted molar refractivity (Wildman–Crippen MR) is 77.0 cm³/mol. The lowest BCUT2D eigenvalue weighted by molar-refractivity contribution is -0.131. The van der Waals surface area contributed by atoms with Crippen molar-refractivity contribution in [3.8, 4) is 0 Å². The Labute approximate surface area is 113 Å². The maximum atomic E-state index is 12.4. The summed E-state index contributed by atoms with van der Waals surface area (Å²) >= 11 is 0. The molecule has 0 atom stereocenters. The molecule has 1 N–H and O–H groups in total. The van der Waals surface area contributed by atoms with E-state index in [1.807, 2.05) is 24.4 Å². The molecule has 0 radical (unpaired) electrons. The van der Waals surface area contributed by atoms with Gasteiger partial charge < -0.3 is 9.88 Å². The summed E-state index contributed by atoms with van der Waals surface area (Å²) in [5.74, 6) is 0.272. The number of rotatable bonds is 5. The van der Waals surface area contributed by atoms with Gasteiger partial charge in [-0.05, 0) is 30.9 Å². The number of para-hydroxylation sites is 1. The number of amides is 1. The number of hydrogen-bond donors (Lipinski definition) is 1. The van der Waals surface area contributed by atoms with Gasteiger partial charge in [0.25, 0.3) is 0 Å². The lowest BCUT2D eigenvalue weighted by atomic mass is 10.1. The molecule has 0 unspecified atom stereocenters. The molecule has 0 spiro atoms. The van der Waals surface area contributed by atoms with Gasteiger partial charge in [0.2, 0.25) is 5.91 Å². The zero-order valence-corrected chi connectivity index (χ0v) is 11.4. The van der Waals surface area contributed by atoms with Gasteiger partial charge in [-0.1, -0.05) is 25.1 Å². The van der Waals surface area contributed by atoms with E-state index in [0.29, 0.717) is 12.5 Å². The van der Waals surface area contributed by atoms with Gasteiger partial charge >= 0.3 is 0 Å². The molecule has 0 aliphatic heterocycles. The van der Waals surface area contributed by atoms with Crippen LogP contribution < -0.4 is 0 Å². The van der Waals surface area contributed by atoms with Gasteiger partial charge in [-0.15, -0.1) is 0 Å². The smallest absolute Gasteiger partial charge is 0.227 e. The molecule has 2 aromatic rings. The molecule has 3 nitrogen and oxygen atoms in total. The Kier molecular flexibility index (Phi) is 3.28. The largest absolute Gasteiger partial charge is 0.361 e. The second kappa shape index (κ2) is 5.08. The van der Waals surface area contributed by atoms with Crippen molar-refractivity contribution in [3.05, 3.63) is 36.0 Å². The van der Waals surface area contributed by atoms with Gasteiger partial charge in [0.05, 0.1) is 6.42 Å². The summed E-state index contributed by atoms with van der Waals surface area (Å²) in [7, 11) is 0. The molecule has 1 amide bonds. The number of benzene rings is 1. The van der Waals surface area contributed by atoms with Crippen molar-refractivity contribution in [1.82, 2.24) is 9.88 Å². The van der Waals surface area contributed by atoms with Gasteiger partial charge in [0, 0.05) is 29.7 Å². The van der Waals surface area contributed by atoms with Crippen LogP contribution in [0.15, 0.2) is 30.5 Å². The fourth-order valence-electron chi connectivity index (χ4n) is 2.68. The number of hydrogen-bond acceptors (Lipinski definition) is 1. The number of aromatic amines is 1. The van der Waals surface area contributed by atoms with Gasteiger partial charge in [-0.2, -0.15) is 0 Å². The first-order valence-corrected chi connectivity index (χ1v) is 7.14. The quantitative estimate of drug-likeness (QED) is 0.876. The third-order valence-electron chi connectivity index (χ3n) is 3.79. The Morgan fingerprint density at radius 1 is 1.37 bits per heavy atom. The second-order valence-corrected chi connectivity index (χ2v) is 5.35. The van der Waals surface area contributed by atoms with E-state index in [1.54, 1.807) is 0 Å². The number of aromatic nitrogens is 1. The van der Waals surface area contributed by atoms with Crippen molar-refractivity contribution in [2.24, 2.45) is 0 Å². The molecule has 3 heteroatoms. The molecule has 0 saturated heterocycles. The standard InChI is InChI=1S/C16H20N2O/c1-2-9-18(13-7-8-13)16(19)10-12-11-17-15-6-4-3-5-14(12)15/h3-6,11,13,17H,2,7-10H2,1H3. The van der Waals surface area contributed by atoms with Crippen LogP contribution in [0.5, 0.6) is 0 Å². The van der Waals surface area contributed by atoms with E-state index >= 15 is 0 Å². The minimum atomic E-state index is 0.272. The molecule has 0 bridgehead atoms. The van der Waals surface area contributed by atoms with Crippen molar-refractivity contribution in [2.75, 3.05) is 6.54 Å². The number of nitrogens with zero attached hydrogens (tertiary/aromatic N) is 1. The third kappa shape index (κ3) is 2.50. The van der Waals surface area contributed by atoms with Crippen LogP contribution in [-0.2, 0) is 11.2 Å². The number of fused-ring (bicyclic) bond motifs is 1. The monoisotopic (exact) mass is 256 g/mol. The van der Waals surface area contributed by atoms with E-state index in [9.17, 15) is 4.79 Å². The number of carbonyl (C=O) groups excluding carboxylic acids is 1. The normalized spacial score (nSPS) is 14.8. The maximum absolute atomic E-state index is 12.4. The highest BCUT2D eigenvalue weighted by molar-refractivity contribution is 5.89. The second-order valence-electron chi connectivity index (χ2n) is 5.35. The summed E-state index contributed by atoms with van der Waals surface area (Å²) in [4.78, 5) is 17.7. The lowest BCUT2D eigenvalue weighted by Gasteiger charge is -2.21. The van der Waals surface area contributed by atoms with Gasteiger partial charge in [0.1, 0.15) is 0 Å². The first kappa shape index (κ1) is 12.3. The van der Waals surface area contributed by atoms with Crippen LogP contribution in [-0.4, -0.2) is 28.4 Å². The average Bonchev–Trinajstić information content (AvgIpc) is 3.19. The highest BCUT2D eigenvalue weighted by Gasteiger charge is 2.31. The highest BCUT2D eigenvalue weighted by Crippen LogP contribution is 2.28. The van der Waals surface area contributed by atoms with Crippen LogP contribution in [0.4, 0.5) is 0 Å². The van der Waals surface area contributed by atoms with Crippen LogP contribution in [0.3, 0.4) is 0 Å². The Balaban J connectivity index is 1.78. The predicted octanol–water partition coefficient (Wildman–Crippen LogP) is 3.11. The fourth-order valence-corrected chi connectivity index (χ4v) is 2.68. The van der Waals surface area contributed by atoms with E-state index in [1.165, 1.54) is 18.2 Å². The first-order chi connectivity index (χ1) is 9.29. The first-order valence-electron chi connectivity index (χ1n) is 7.14. The van der Waals surface area contributed by atoms with Gasteiger partial charge in [0.15, 0.2) is 0 Å². The summed E-state index contributed by atoms with van der Waals surface area (Å²) in [5.41, 5.74) is 2.22. The molecule has 1 saturated carbocycles. The van der Waals surface area contributed by atoms with Crippen LogP contribution >= 0.6 is 0 Å². The molecule has 1 aromatic heterocycles. The number of H-pyrrole nitrogens is 1. The Morgan fingerprint density at radius 2 is 2.16 bits per heavy atom. The minimum Gasteiger partial charge on any atom is -0.361 e. The van der Waals surface area contributed by atoms with E-state index in [2.05, 4.69) is 22.9 Å². The van der Waals surface area contributed by atoms with Crippen molar-refractivity contribution in [2.45, 2.75) is 38.6 Å². The molecule has 1 aliphatic rings. The zero-order chi connectivity index (χ0) is 13.2. The van der Waals surface area contributed by atoms with Crippen LogP contribution in [0.1, 0.15) is 31.7 Å². The summed E-state index contributed by atoms with van der Waals surface area (Å²) in [6.45, 7) is 3.03. The molecule has 1 heterocycles. The van der Waals surface area contributed by atoms with E-state index in [0.717, 1.165) is 24.0 Å². The summed E-state index contributed by atoms with van der Waals surface area (Å²) in [6, 6.07) is 8.68. The van der Waals surface area contributed by atoms with Gasteiger partial charge in [-0.3, -0.25) is 4.79 Å². The SMILES string of the molecule is CCCN(C(=O)Cc1c[nH]c2ccccc12)C1CC1. The molecule has 1 aromatic carbocycles. The molecule has 1 aliphatic carbocycles. The van der Waals surface area contributed by atoms with Crippen molar-refractivity contribution >= 4 is 16.8 Å². The molecule has 3 rings (SSSR count). The van der Waals surface area contributed by atoms with Crippen LogP contribution in [0.25, 0.3) is 10.9 Å². The molecule has 100 valence electrons. The summed E-state index contributed by atoms with van der Waals surface area (Å²) in [5, 5.41) is 1.17. The number of carbonyl (C=O) groups is 1. The molecular weight excluding hydrogens is 236 g/mol. The Hall–Kier alpha value is -1.77. The lowest BCUT2D eigenvalue weighted by Crippen LogP contribution is -2.34. The molecule has 1 fully saturated rings. The Morgan fingerprint density at radius 3 is 2.89 bits per heavy atom. The van der Waals surface area contributed by atoms with Crippen molar-refractivity contribution < 1.29 is 4.79 Å². The maximum Gasteiger partial charge on any atom is 0.227 e. The van der Waals surface area contributed by atoms with Crippen LogP contribution in [0.2, 0.25) is 0 Å². The number of nitrogens with one attached hydrogen (secondary N) is 1. The summed E-state index contributed by atoms with van der Waals surface area (Å²) in [6.07, 6.45) is 5.88. The van der Waals surface area contributed by atoms with E-state index < -0.39 is 0 Å². The van der Waals surface area contributed by atoms with E-state index in [-0.39, 0.29) is 5.91 Å². The third-order valence-corrected chi connectivity index (χ3v) is 3.79. The molecular formula is C16H20N2O. The average molecular weight is 256 g/mol. The summed E-state index contributed by atoms with van der Waals surface area (Å²) < 4.78 is 0.